The van der Waals surface area contributed by atoms with Crippen molar-refractivity contribution in [1.82, 2.24) is 0 Å². The zero-order valence-electron chi connectivity index (χ0n) is 19.2. The van der Waals surface area contributed by atoms with Gasteiger partial charge >= 0.3 is 11.9 Å². The van der Waals surface area contributed by atoms with Crippen LogP contribution in [0.1, 0.15) is 93.9 Å². The summed E-state index contributed by atoms with van der Waals surface area (Å²) in [6, 6.07) is 0. The second-order valence-electron chi connectivity index (χ2n) is 10.9. The van der Waals surface area contributed by atoms with Crippen LogP contribution < -0.4 is 0 Å². The van der Waals surface area contributed by atoms with Crippen molar-refractivity contribution in [3.05, 3.63) is 11.6 Å². The highest BCUT2D eigenvalue weighted by Crippen LogP contribution is 2.57. The van der Waals surface area contributed by atoms with E-state index in [1.165, 1.54) is 19.3 Å². The highest BCUT2D eigenvalue weighted by atomic mass is 16.6. The van der Waals surface area contributed by atoms with Gasteiger partial charge in [0.05, 0.1) is 0 Å². The standard InChI is InChI=1S/C24H40O4/c1-9-23(8)13-11-10-12-18(15-23)22(6,7)28-19(25)16-27-20(26)24(14-17(24)2)21(3,4)5/h14,18H,9-13,15-16H2,1-8H3. The van der Waals surface area contributed by atoms with Gasteiger partial charge in [0.25, 0.3) is 0 Å². The summed E-state index contributed by atoms with van der Waals surface area (Å²) in [6.45, 7) is 16.3. The van der Waals surface area contributed by atoms with Gasteiger partial charge in [-0.25, -0.2) is 4.79 Å². The molecule has 4 heteroatoms. The quantitative estimate of drug-likeness (QED) is 0.324. The van der Waals surface area contributed by atoms with E-state index in [-0.39, 0.29) is 18.0 Å². The molecular weight excluding hydrogens is 352 g/mol. The summed E-state index contributed by atoms with van der Waals surface area (Å²) in [5.74, 6) is -0.476. The second kappa shape index (κ2) is 7.84. The van der Waals surface area contributed by atoms with E-state index in [9.17, 15) is 9.59 Å². The SMILES string of the molecule is CCC1(C)CCCCC(C(C)(C)OC(=O)COC(=O)C2(C(C)(C)C)C=C2C)C1. The summed E-state index contributed by atoms with van der Waals surface area (Å²) in [7, 11) is 0. The molecule has 0 amide bonds. The Balaban J connectivity index is 1.94. The van der Waals surface area contributed by atoms with E-state index in [4.69, 9.17) is 9.47 Å². The lowest BCUT2D eigenvalue weighted by Gasteiger charge is -2.38. The molecule has 0 bridgehead atoms. The Labute approximate surface area is 171 Å². The number of esters is 2. The monoisotopic (exact) mass is 392 g/mol. The molecule has 28 heavy (non-hydrogen) atoms. The Kier molecular flexibility index (Phi) is 6.43. The van der Waals surface area contributed by atoms with E-state index in [1.54, 1.807) is 0 Å². The summed E-state index contributed by atoms with van der Waals surface area (Å²) in [5, 5.41) is 0. The van der Waals surface area contributed by atoms with Crippen molar-refractivity contribution >= 4 is 11.9 Å². The minimum Gasteiger partial charge on any atom is -0.457 e. The Morgan fingerprint density at radius 3 is 2.29 bits per heavy atom. The van der Waals surface area contributed by atoms with E-state index in [1.807, 2.05) is 47.6 Å². The average Bonchev–Trinajstić information content (AvgIpc) is 3.31. The predicted molar refractivity (Wildman–Crippen MR) is 112 cm³/mol. The number of hydrogen-bond acceptors (Lipinski definition) is 4. The molecule has 2 aliphatic rings. The Hall–Kier alpha value is -1.32. The van der Waals surface area contributed by atoms with Crippen molar-refractivity contribution in [1.29, 1.82) is 0 Å². The molecule has 4 nitrogen and oxygen atoms in total. The minimum atomic E-state index is -0.674. The van der Waals surface area contributed by atoms with Gasteiger partial charge in [0.1, 0.15) is 11.0 Å². The zero-order chi connectivity index (χ0) is 21.4. The van der Waals surface area contributed by atoms with Crippen molar-refractivity contribution in [2.75, 3.05) is 6.61 Å². The molecule has 0 aromatic rings. The van der Waals surface area contributed by atoms with Crippen LogP contribution in [0.4, 0.5) is 0 Å². The molecule has 3 unspecified atom stereocenters. The Morgan fingerprint density at radius 2 is 1.79 bits per heavy atom. The van der Waals surface area contributed by atoms with Gasteiger partial charge in [0.2, 0.25) is 0 Å². The van der Waals surface area contributed by atoms with Crippen LogP contribution in [0.2, 0.25) is 0 Å². The normalized spacial score (nSPS) is 30.9. The van der Waals surface area contributed by atoms with Crippen LogP contribution in [-0.4, -0.2) is 24.1 Å². The molecule has 0 saturated heterocycles. The first-order valence-electron chi connectivity index (χ1n) is 10.9. The number of hydrogen-bond donors (Lipinski definition) is 0. The third-order valence-corrected chi connectivity index (χ3v) is 7.33. The first-order valence-corrected chi connectivity index (χ1v) is 10.9. The van der Waals surface area contributed by atoms with Crippen LogP contribution in [0.3, 0.4) is 0 Å². The molecule has 0 spiro atoms. The molecule has 0 N–H and O–H groups in total. The van der Waals surface area contributed by atoms with Crippen molar-refractivity contribution in [2.45, 2.75) is 99.5 Å². The maximum absolute atomic E-state index is 12.6. The van der Waals surface area contributed by atoms with Gasteiger partial charge in [-0.15, -0.1) is 0 Å². The highest BCUT2D eigenvalue weighted by molar-refractivity contribution is 5.91. The first-order chi connectivity index (χ1) is 12.8. The number of ether oxygens (including phenoxy) is 2. The van der Waals surface area contributed by atoms with Crippen molar-refractivity contribution in [3.8, 4) is 0 Å². The largest absolute Gasteiger partial charge is 0.457 e. The van der Waals surface area contributed by atoms with Gasteiger partial charge in [-0.05, 0) is 56.8 Å². The van der Waals surface area contributed by atoms with Crippen LogP contribution in [0.15, 0.2) is 11.6 Å². The summed E-state index contributed by atoms with van der Waals surface area (Å²) < 4.78 is 11.2. The number of carbonyl (C=O) groups excluding carboxylic acids is 2. The van der Waals surface area contributed by atoms with Crippen molar-refractivity contribution in [3.63, 3.8) is 0 Å². The molecular formula is C24H40O4. The predicted octanol–water partition coefficient (Wildman–Crippen LogP) is 5.84. The van der Waals surface area contributed by atoms with Crippen LogP contribution in [0.5, 0.6) is 0 Å². The molecule has 2 rings (SSSR count). The van der Waals surface area contributed by atoms with Gasteiger partial charge in [-0.1, -0.05) is 65.5 Å². The van der Waals surface area contributed by atoms with E-state index in [0.29, 0.717) is 11.3 Å². The molecule has 2 aliphatic carbocycles. The van der Waals surface area contributed by atoms with Crippen LogP contribution in [0, 0.1) is 22.2 Å². The van der Waals surface area contributed by atoms with Gasteiger partial charge in [0, 0.05) is 0 Å². The Bertz CT molecular complexity index is 639. The highest BCUT2D eigenvalue weighted by Gasteiger charge is 2.58. The molecule has 160 valence electrons. The second-order valence-corrected chi connectivity index (χ2v) is 10.9. The third kappa shape index (κ3) is 4.63. The molecule has 0 aliphatic heterocycles. The summed E-state index contributed by atoms with van der Waals surface area (Å²) in [6.07, 6.45) is 8.88. The zero-order valence-corrected chi connectivity index (χ0v) is 19.2. The molecule has 0 aromatic carbocycles. The van der Waals surface area contributed by atoms with Crippen molar-refractivity contribution in [2.24, 2.45) is 22.2 Å². The fourth-order valence-corrected chi connectivity index (χ4v) is 4.92. The third-order valence-electron chi connectivity index (χ3n) is 7.33. The first kappa shape index (κ1) is 23.0. The van der Waals surface area contributed by atoms with Gasteiger partial charge in [-0.3, -0.25) is 4.79 Å². The maximum Gasteiger partial charge on any atom is 0.344 e. The molecule has 0 radical (unpaired) electrons. The maximum atomic E-state index is 12.6. The Morgan fingerprint density at radius 1 is 1.18 bits per heavy atom. The molecule has 3 atom stereocenters. The van der Waals surface area contributed by atoms with Gasteiger partial charge in [-0.2, -0.15) is 0 Å². The molecule has 0 aromatic heterocycles. The lowest BCUT2D eigenvalue weighted by Crippen LogP contribution is -2.41. The fourth-order valence-electron chi connectivity index (χ4n) is 4.92. The molecule has 0 heterocycles. The van der Waals surface area contributed by atoms with Gasteiger partial charge < -0.3 is 9.47 Å². The lowest BCUT2D eigenvalue weighted by molar-refractivity contribution is -0.175. The van der Waals surface area contributed by atoms with E-state index in [0.717, 1.165) is 24.8 Å². The minimum absolute atomic E-state index is 0.262. The summed E-state index contributed by atoms with van der Waals surface area (Å²) in [4.78, 5) is 25.1. The van der Waals surface area contributed by atoms with Crippen LogP contribution in [-0.2, 0) is 19.1 Å². The van der Waals surface area contributed by atoms with E-state index in [2.05, 4.69) is 13.8 Å². The smallest absolute Gasteiger partial charge is 0.344 e. The van der Waals surface area contributed by atoms with Gasteiger partial charge in [0.15, 0.2) is 6.61 Å². The van der Waals surface area contributed by atoms with E-state index >= 15 is 0 Å². The topological polar surface area (TPSA) is 52.6 Å². The molecule has 1 saturated carbocycles. The number of carbonyl (C=O) groups is 2. The van der Waals surface area contributed by atoms with Crippen LogP contribution >= 0.6 is 0 Å². The summed E-state index contributed by atoms with van der Waals surface area (Å²) in [5.41, 5.74) is -0.170. The van der Waals surface area contributed by atoms with Crippen molar-refractivity contribution < 1.29 is 19.1 Å². The number of rotatable bonds is 6. The molecule has 1 fully saturated rings. The lowest BCUT2D eigenvalue weighted by atomic mass is 9.73. The average molecular weight is 393 g/mol. The van der Waals surface area contributed by atoms with Crippen LogP contribution in [0.25, 0.3) is 0 Å². The fraction of sp³-hybridized carbons (Fsp3) is 0.833. The van der Waals surface area contributed by atoms with E-state index < -0.39 is 17.0 Å². The summed E-state index contributed by atoms with van der Waals surface area (Å²) >= 11 is 0.